The van der Waals surface area contributed by atoms with Crippen molar-refractivity contribution < 1.29 is 73.1 Å². The van der Waals surface area contributed by atoms with Crippen LogP contribution in [0.25, 0.3) is 0 Å². The van der Waals surface area contributed by atoms with Crippen molar-refractivity contribution in [2.24, 2.45) is 17.6 Å². The topological polar surface area (TPSA) is 277 Å². The molecule has 302 valence electrons. The van der Waals surface area contributed by atoms with E-state index in [0.717, 1.165) is 18.5 Å². The first-order valence-corrected chi connectivity index (χ1v) is 18.0. The molecule has 0 spiro atoms. The number of carboxylic acids is 1. The van der Waals surface area contributed by atoms with E-state index in [4.69, 9.17) is 38.9 Å². The van der Waals surface area contributed by atoms with Crippen LogP contribution in [0.5, 0.6) is 0 Å². The van der Waals surface area contributed by atoms with E-state index < -0.39 is 91.4 Å². The number of aliphatic hydroxyl groups is 4. The molecule has 7 N–H and O–H groups in total. The summed E-state index contributed by atoms with van der Waals surface area (Å²) in [5.41, 5.74) is 6.66. The number of imide groups is 1. The quantitative estimate of drug-likeness (QED) is 0.0441. The van der Waals surface area contributed by atoms with Crippen LogP contribution in [0.4, 0.5) is 0 Å². The number of aromatic nitrogens is 3. The molecule has 14 atom stereocenters. The molecule has 4 fully saturated rings. The molecule has 0 aliphatic carbocycles. The lowest BCUT2D eigenvalue weighted by atomic mass is 9.89. The van der Waals surface area contributed by atoms with E-state index >= 15 is 0 Å². The molecule has 0 bridgehead atoms. The Balaban J connectivity index is 0.931. The molecule has 4 unspecified atom stereocenters. The van der Waals surface area contributed by atoms with Gasteiger partial charge < -0.3 is 64.4 Å². The van der Waals surface area contributed by atoms with Crippen molar-refractivity contribution >= 4 is 17.8 Å². The van der Waals surface area contributed by atoms with Crippen LogP contribution in [0.3, 0.4) is 0 Å². The fourth-order valence-corrected chi connectivity index (χ4v) is 6.91. The molecule has 20 heteroatoms. The minimum Gasteiger partial charge on any atom is -0.479 e. The third-order valence-corrected chi connectivity index (χ3v) is 9.93. The largest absolute Gasteiger partial charge is 0.479 e. The molecule has 5 heterocycles. The molecular weight excluding hydrogens is 718 g/mol. The molecule has 0 radical (unpaired) electrons. The highest BCUT2D eigenvalue weighted by molar-refractivity contribution is 6.06. The molecule has 4 aliphatic heterocycles. The van der Waals surface area contributed by atoms with Gasteiger partial charge in [0.25, 0.3) is 0 Å². The van der Waals surface area contributed by atoms with Gasteiger partial charge in [-0.1, -0.05) is 17.4 Å². The van der Waals surface area contributed by atoms with E-state index in [1.807, 2.05) is 0 Å². The normalized spacial score (nSPS) is 36.7. The van der Waals surface area contributed by atoms with E-state index in [9.17, 15) is 39.9 Å². The summed E-state index contributed by atoms with van der Waals surface area (Å²) in [7, 11) is 0. The highest BCUT2D eigenvalue weighted by atomic mass is 16.7. The summed E-state index contributed by atoms with van der Waals surface area (Å²) in [6.07, 6.45) is -7.44. The van der Waals surface area contributed by atoms with E-state index in [1.54, 1.807) is 23.0 Å². The van der Waals surface area contributed by atoms with Gasteiger partial charge in [-0.05, 0) is 26.2 Å². The van der Waals surface area contributed by atoms with Gasteiger partial charge in [-0.15, -0.1) is 18.3 Å². The van der Waals surface area contributed by atoms with Crippen LogP contribution in [0.1, 0.15) is 25.5 Å². The summed E-state index contributed by atoms with van der Waals surface area (Å²) in [4.78, 5) is 38.9. The number of likely N-dealkylation sites (tertiary alicyclic amines) is 1. The van der Waals surface area contributed by atoms with Gasteiger partial charge in [0, 0.05) is 12.8 Å². The number of ether oxygens (including phenoxy) is 7. The zero-order valence-electron chi connectivity index (χ0n) is 30.0. The number of hydrogen-bond donors (Lipinski definition) is 6. The second-order valence-electron chi connectivity index (χ2n) is 13.6. The van der Waals surface area contributed by atoms with Gasteiger partial charge in [-0.25, -0.2) is 9.48 Å². The minimum atomic E-state index is -1.79. The Morgan fingerprint density at radius 3 is 2.20 bits per heavy atom. The van der Waals surface area contributed by atoms with Crippen molar-refractivity contribution in [2.75, 3.05) is 39.6 Å². The summed E-state index contributed by atoms with van der Waals surface area (Å²) in [6.45, 7) is 10.3. The van der Waals surface area contributed by atoms with Crippen molar-refractivity contribution in [3.8, 4) is 0 Å². The Morgan fingerprint density at radius 2 is 1.54 bits per heavy atom. The molecule has 1 aromatic heterocycles. The Kier molecular flexibility index (Phi) is 14.8. The molecule has 4 aliphatic rings. The highest BCUT2D eigenvalue weighted by Gasteiger charge is 2.58. The first-order chi connectivity index (χ1) is 25.9. The zero-order valence-corrected chi connectivity index (χ0v) is 30.0. The number of fused-ring (bicyclic) bond motifs is 1. The number of aliphatic hydroxyl groups excluding tert-OH is 4. The molecular formula is C34H51N5O15. The third kappa shape index (κ3) is 9.40. The Hall–Kier alpha value is -3.25. The van der Waals surface area contributed by atoms with Gasteiger partial charge >= 0.3 is 5.97 Å². The number of aryl methyl sites for hydroxylation is 1. The van der Waals surface area contributed by atoms with Crippen molar-refractivity contribution in [3.63, 3.8) is 0 Å². The monoisotopic (exact) mass is 769 g/mol. The van der Waals surface area contributed by atoms with Crippen LogP contribution in [-0.2, 0) is 60.5 Å². The standard InChI is InChI=1S/C34H51N5O15/c1-4-19-21-22(20(5-2)52-19)31(45)39(30(21)44)10-13-48-11-7-6-8-18-16-38(37-36-18)9-12-49-14-15-50-34-27(43)26(42)28(29(54-34)32(46)47)53-33-23(35)25(41)24(40)17(3)51-33/h4-5,16-17,19-29,33-34,40-43H,1-2,6-15,35H2,3H3,(H,46,47)/t17?,19-,20+,21+,22-,23?,24-,25-,26-,27?,28+,29?,33-,34-/m1/s1. The molecule has 1 aromatic rings. The number of rotatable bonds is 20. The van der Waals surface area contributed by atoms with Gasteiger partial charge in [0.1, 0.15) is 30.5 Å². The molecule has 5 rings (SSSR count). The predicted octanol–water partition coefficient (Wildman–Crippen LogP) is -2.90. The van der Waals surface area contributed by atoms with Gasteiger partial charge in [0.05, 0.1) is 81.4 Å². The van der Waals surface area contributed by atoms with Gasteiger partial charge in [0.2, 0.25) is 11.8 Å². The summed E-state index contributed by atoms with van der Waals surface area (Å²) in [5, 5.41) is 59.4. The molecule has 4 saturated heterocycles. The lowest BCUT2D eigenvalue weighted by molar-refractivity contribution is -0.337. The van der Waals surface area contributed by atoms with Crippen molar-refractivity contribution in [2.45, 2.75) is 106 Å². The Bertz CT molecular complexity index is 1420. The zero-order chi connectivity index (χ0) is 39.1. The van der Waals surface area contributed by atoms with E-state index in [2.05, 4.69) is 23.5 Å². The second-order valence-corrected chi connectivity index (χ2v) is 13.6. The maximum absolute atomic E-state index is 12.9. The summed E-state index contributed by atoms with van der Waals surface area (Å²) in [5.74, 6) is -3.20. The fourth-order valence-electron chi connectivity index (χ4n) is 6.91. The lowest BCUT2D eigenvalue weighted by Gasteiger charge is -2.45. The van der Waals surface area contributed by atoms with Crippen LogP contribution in [0.2, 0.25) is 0 Å². The number of nitrogens with two attached hydrogens (primary N) is 1. The summed E-state index contributed by atoms with van der Waals surface area (Å²) >= 11 is 0. The first kappa shape index (κ1) is 41.9. The number of carbonyl (C=O) groups is 3. The molecule has 0 saturated carbocycles. The lowest BCUT2D eigenvalue weighted by Crippen LogP contribution is -2.66. The molecule has 0 aromatic carbocycles. The fraction of sp³-hybridized carbons (Fsp3) is 0.735. The number of nitrogens with zero attached hydrogens (tertiary/aromatic N) is 4. The number of aliphatic carboxylic acids is 1. The van der Waals surface area contributed by atoms with E-state index in [-0.39, 0.29) is 44.8 Å². The summed E-state index contributed by atoms with van der Waals surface area (Å²) < 4.78 is 40.4. The second kappa shape index (κ2) is 19.1. The SMILES string of the molecule is C=C[C@@H]1O[C@H](C=C)[C@@H]2C(=O)N(CCOCCCCc3cn(CCOCCO[C@@H]4OC(C(=O)O)[C@@H](O[C@H]5OC(C)[C@@H](O)[C@H](O)C5N)[C@H](O)C4O)nn3)C(=O)[C@@H]21. The first-order valence-electron chi connectivity index (χ1n) is 18.0. The maximum Gasteiger partial charge on any atom is 0.335 e. The maximum atomic E-state index is 12.9. The Labute approximate surface area is 311 Å². The van der Waals surface area contributed by atoms with Gasteiger partial charge in [-0.3, -0.25) is 14.5 Å². The predicted molar refractivity (Wildman–Crippen MR) is 181 cm³/mol. The van der Waals surface area contributed by atoms with E-state index in [0.29, 0.717) is 19.6 Å². The minimum absolute atomic E-state index is 0.0467. The average Bonchev–Trinajstić information content (AvgIpc) is 3.84. The van der Waals surface area contributed by atoms with Crippen molar-refractivity contribution in [1.82, 2.24) is 19.9 Å². The van der Waals surface area contributed by atoms with Crippen LogP contribution < -0.4 is 5.73 Å². The smallest absolute Gasteiger partial charge is 0.335 e. The van der Waals surface area contributed by atoms with Crippen LogP contribution in [0, 0.1) is 11.8 Å². The van der Waals surface area contributed by atoms with Crippen molar-refractivity contribution in [1.29, 1.82) is 0 Å². The number of carboxylic acid groups (broad SMARTS) is 1. The third-order valence-electron chi connectivity index (χ3n) is 9.93. The van der Waals surface area contributed by atoms with Crippen molar-refractivity contribution in [3.05, 3.63) is 37.2 Å². The number of amides is 2. The number of unbranched alkanes of at least 4 members (excludes halogenated alkanes) is 1. The van der Waals surface area contributed by atoms with Gasteiger partial charge in [0.15, 0.2) is 18.7 Å². The highest BCUT2D eigenvalue weighted by Crippen LogP contribution is 2.41. The van der Waals surface area contributed by atoms with Crippen LogP contribution >= 0.6 is 0 Å². The van der Waals surface area contributed by atoms with Crippen LogP contribution in [-0.4, -0.2) is 176 Å². The molecule has 54 heavy (non-hydrogen) atoms. The molecule has 2 amide bonds. The van der Waals surface area contributed by atoms with Gasteiger partial charge in [-0.2, -0.15) is 0 Å². The summed E-state index contributed by atoms with van der Waals surface area (Å²) in [6, 6.07) is -1.27. The van der Waals surface area contributed by atoms with E-state index in [1.165, 1.54) is 11.8 Å². The number of carbonyl (C=O) groups excluding carboxylic acids is 2. The average molecular weight is 770 g/mol. The Morgan fingerprint density at radius 1 is 0.870 bits per heavy atom. The molecule has 20 nitrogen and oxygen atoms in total. The number of hydrogen-bond acceptors (Lipinski definition) is 17. The van der Waals surface area contributed by atoms with Crippen LogP contribution in [0.15, 0.2) is 31.5 Å².